The van der Waals surface area contributed by atoms with Crippen LogP contribution < -0.4 is 0 Å². The molecule has 1 aromatic rings. The molecule has 0 saturated carbocycles. The minimum atomic E-state index is 0.0937. The average molecular weight is 198 g/mol. The van der Waals surface area contributed by atoms with E-state index < -0.39 is 0 Å². The molecule has 0 bridgehead atoms. The summed E-state index contributed by atoms with van der Waals surface area (Å²) in [5.41, 5.74) is 0. The van der Waals surface area contributed by atoms with Crippen LogP contribution >= 0.6 is 11.6 Å². The first-order valence-corrected chi connectivity index (χ1v) is 4.03. The Morgan fingerprint density at radius 3 is 1.85 bits per heavy atom. The number of aromatic nitrogens is 3. The Balaban J connectivity index is 3.10. The summed E-state index contributed by atoms with van der Waals surface area (Å²) in [6, 6.07) is 0. The van der Waals surface area contributed by atoms with Gasteiger partial charge in [0.1, 0.15) is 0 Å². The molecule has 0 fully saturated rings. The summed E-state index contributed by atoms with van der Waals surface area (Å²) in [6.45, 7) is 3.53. The van der Waals surface area contributed by atoms with Gasteiger partial charge in [-0.25, -0.2) is 9.98 Å². The molecule has 0 N–H and O–H groups in total. The van der Waals surface area contributed by atoms with E-state index in [1.54, 1.807) is 26.3 Å². The molecule has 0 aromatic carbocycles. The highest BCUT2D eigenvalue weighted by molar-refractivity contribution is 6.28. The fourth-order valence-electron chi connectivity index (χ4n) is 0.676. The SMILES string of the molecule is CC=Nc1nc(Cl)nc(N=CC)n1. The van der Waals surface area contributed by atoms with Crippen LogP contribution in [0.4, 0.5) is 11.9 Å². The number of hydrogen-bond acceptors (Lipinski definition) is 5. The summed E-state index contributed by atoms with van der Waals surface area (Å²) >= 11 is 5.61. The Morgan fingerprint density at radius 2 is 1.46 bits per heavy atom. The predicted octanol–water partition coefficient (Wildman–Crippen LogP) is 1.97. The van der Waals surface area contributed by atoms with Gasteiger partial charge in [0, 0.05) is 12.4 Å². The van der Waals surface area contributed by atoms with Crippen molar-refractivity contribution in [2.24, 2.45) is 9.98 Å². The van der Waals surface area contributed by atoms with Crippen molar-refractivity contribution in [2.75, 3.05) is 0 Å². The van der Waals surface area contributed by atoms with Crippen molar-refractivity contribution in [1.29, 1.82) is 0 Å². The molecule has 1 rings (SSSR count). The van der Waals surface area contributed by atoms with Gasteiger partial charge in [-0.1, -0.05) is 0 Å². The Hall–Kier alpha value is -1.36. The van der Waals surface area contributed by atoms with E-state index in [9.17, 15) is 0 Å². The summed E-state index contributed by atoms with van der Waals surface area (Å²) < 4.78 is 0. The van der Waals surface area contributed by atoms with Crippen molar-refractivity contribution < 1.29 is 0 Å². The van der Waals surface area contributed by atoms with Crippen LogP contribution in [-0.4, -0.2) is 27.4 Å². The second-order valence-corrected chi connectivity index (χ2v) is 2.32. The summed E-state index contributed by atoms with van der Waals surface area (Å²) in [7, 11) is 0. The van der Waals surface area contributed by atoms with Gasteiger partial charge >= 0.3 is 0 Å². The number of aliphatic imine (C=N–C) groups is 2. The molecule has 0 saturated heterocycles. The van der Waals surface area contributed by atoms with Gasteiger partial charge in [0.15, 0.2) is 0 Å². The van der Waals surface area contributed by atoms with Crippen LogP contribution in [0.2, 0.25) is 5.28 Å². The molecule has 68 valence electrons. The molecule has 0 aliphatic heterocycles. The van der Waals surface area contributed by atoms with Crippen LogP contribution in [0.3, 0.4) is 0 Å². The largest absolute Gasteiger partial charge is 0.255 e. The summed E-state index contributed by atoms with van der Waals surface area (Å²) in [5.74, 6) is 0.534. The minimum absolute atomic E-state index is 0.0937. The lowest BCUT2D eigenvalue weighted by molar-refractivity contribution is 1.03. The summed E-state index contributed by atoms with van der Waals surface area (Å²) in [5, 5.41) is 0.0937. The lowest BCUT2D eigenvalue weighted by Gasteiger charge is -1.94. The lowest BCUT2D eigenvalue weighted by Crippen LogP contribution is -1.87. The van der Waals surface area contributed by atoms with Crippen LogP contribution in [0.5, 0.6) is 0 Å². The topological polar surface area (TPSA) is 63.4 Å². The second kappa shape index (κ2) is 4.61. The molecule has 0 unspecified atom stereocenters. The zero-order chi connectivity index (χ0) is 9.68. The van der Waals surface area contributed by atoms with Crippen molar-refractivity contribution in [3.05, 3.63) is 5.28 Å². The molecular formula is C7H8ClN5. The van der Waals surface area contributed by atoms with E-state index in [-0.39, 0.29) is 17.2 Å². The van der Waals surface area contributed by atoms with E-state index in [1.807, 2.05) is 0 Å². The van der Waals surface area contributed by atoms with Gasteiger partial charge in [0.2, 0.25) is 5.28 Å². The normalized spacial score (nSPS) is 11.6. The van der Waals surface area contributed by atoms with Crippen LogP contribution in [-0.2, 0) is 0 Å². The molecule has 0 amide bonds. The van der Waals surface area contributed by atoms with Gasteiger partial charge in [-0.3, -0.25) is 0 Å². The smallest absolute Gasteiger partial charge is 0.224 e. The molecule has 6 heteroatoms. The molecule has 0 aliphatic carbocycles. The first-order valence-electron chi connectivity index (χ1n) is 3.65. The molecule has 0 radical (unpaired) electrons. The third-order valence-corrected chi connectivity index (χ3v) is 1.24. The van der Waals surface area contributed by atoms with Gasteiger partial charge in [0.05, 0.1) is 0 Å². The Labute approximate surface area is 80.6 Å². The molecule has 0 aliphatic rings. The highest BCUT2D eigenvalue weighted by atomic mass is 35.5. The summed E-state index contributed by atoms with van der Waals surface area (Å²) in [6.07, 6.45) is 3.15. The number of rotatable bonds is 2. The van der Waals surface area contributed by atoms with Gasteiger partial charge in [-0.2, -0.15) is 15.0 Å². The van der Waals surface area contributed by atoms with Crippen molar-refractivity contribution in [2.45, 2.75) is 13.8 Å². The molecular weight excluding hydrogens is 190 g/mol. The maximum absolute atomic E-state index is 5.61. The van der Waals surface area contributed by atoms with Gasteiger partial charge in [-0.15, -0.1) is 0 Å². The Bertz CT molecular complexity index is 316. The van der Waals surface area contributed by atoms with E-state index >= 15 is 0 Å². The third kappa shape index (κ3) is 2.87. The second-order valence-electron chi connectivity index (χ2n) is 1.98. The van der Waals surface area contributed by atoms with Gasteiger partial charge in [0.25, 0.3) is 11.9 Å². The van der Waals surface area contributed by atoms with Crippen LogP contribution in [0.15, 0.2) is 9.98 Å². The Kier molecular flexibility index (Phi) is 3.45. The molecule has 13 heavy (non-hydrogen) atoms. The average Bonchev–Trinajstić information content (AvgIpc) is 2.04. The quantitative estimate of drug-likeness (QED) is 0.681. The van der Waals surface area contributed by atoms with Crippen molar-refractivity contribution >= 4 is 35.9 Å². The van der Waals surface area contributed by atoms with E-state index in [1.165, 1.54) is 0 Å². The third-order valence-electron chi connectivity index (χ3n) is 1.07. The maximum Gasteiger partial charge on any atom is 0.255 e. The van der Waals surface area contributed by atoms with Crippen molar-refractivity contribution in [1.82, 2.24) is 15.0 Å². The van der Waals surface area contributed by atoms with Gasteiger partial charge in [-0.05, 0) is 25.4 Å². The van der Waals surface area contributed by atoms with Crippen LogP contribution in [0.25, 0.3) is 0 Å². The Morgan fingerprint density at radius 1 is 1.00 bits per heavy atom. The van der Waals surface area contributed by atoms with Crippen molar-refractivity contribution in [3.63, 3.8) is 0 Å². The molecule has 1 aromatic heterocycles. The summed E-state index contributed by atoms with van der Waals surface area (Å²) in [4.78, 5) is 19.2. The minimum Gasteiger partial charge on any atom is -0.224 e. The highest BCUT2D eigenvalue weighted by Crippen LogP contribution is 2.12. The number of nitrogens with zero attached hydrogens (tertiary/aromatic N) is 5. The fraction of sp³-hybridized carbons (Fsp3) is 0.286. The molecule has 0 spiro atoms. The van der Waals surface area contributed by atoms with Crippen LogP contribution in [0, 0.1) is 0 Å². The van der Waals surface area contributed by atoms with Gasteiger partial charge < -0.3 is 0 Å². The number of halogens is 1. The molecule has 0 atom stereocenters. The first-order chi connectivity index (χ1) is 6.26. The van der Waals surface area contributed by atoms with E-state index in [4.69, 9.17) is 11.6 Å². The fourth-order valence-corrected chi connectivity index (χ4v) is 0.827. The first kappa shape index (κ1) is 9.73. The monoisotopic (exact) mass is 197 g/mol. The predicted molar refractivity (Wildman–Crippen MR) is 52.5 cm³/mol. The lowest BCUT2D eigenvalue weighted by atomic mass is 10.8. The molecule has 5 nitrogen and oxygen atoms in total. The zero-order valence-electron chi connectivity index (χ0n) is 7.27. The van der Waals surface area contributed by atoms with E-state index in [0.717, 1.165) is 0 Å². The van der Waals surface area contributed by atoms with E-state index in [0.29, 0.717) is 0 Å². The number of hydrogen-bond donors (Lipinski definition) is 0. The standard InChI is InChI=1S/C7H8ClN5/c1-3-9-6-11-5(8)12-7(13-6)10-4-2/h3-4H,1-2H3. The maximum atomic E-state index is 5.61. The van der Waals surface area contributed by atoms with E-state index in [2.05, 4.69) is 24.9 Å². The highest BCUT2D eigenvalue weighted by Gasteiger charge is 2.00. The van der Waals surface area contributed by atoms with Crippen LogP contribution in [0.1, 0.15) is 13.8 Å². The molecule has 1 heterocycles. The zero-order valence-corrected chi connectivity index (χ0v) is 8.02. The van der Waals surface area contributed by atoms with Crippen molar-refractivity contribution in [3.8, 4) is 0 Å².